The number of aromatic hydroxyl groups is 2. The van der Waals surface area contributed by atoms with Crippen molar-refractivity contribution in [1.82, 2.24) is 4.98 Å². The number of phenolic OH excluding ortho intramolecular Hbond substituents is 2. The first-order valence-corrected chi connectivity index (χ1v) is 8.20. The van der Waals surface area contributed by atoms with E-state index >= 15 is 0 Å². The molecule has 4 rings (SSSR count). The highest BCUT2D eigenvalue weighted by Crippen LogP contribution is 2.34. The Kier molecular flexibility index (Phi) is 3.77. The van der Waals surface area contributed by atoms with E-state index in [1.807, 2.05) is 0 Å². The molecule has 6 N–H and O–H groups in total. The predicted octanol–water partition coefficient (Wildman–Crippen LogP) is 2.43. The van der Waals surface area contributed by atoms with Crippen molar-refractivity contribution in [2.24, 2.45) is 4.99 Å². The second-order valence-electron chi connectivity index (χ2n) is 6.24. The van der Waals surface area contributed by atoms with Crippen LogP contribution in [0, 0.1) is 0 Å². The number of Topliss-reactive ketones (excluding diaryl/α,β-unsaturated/α-hetero) is 1. The van der Waals surface area contributed by atoms with Crippen molar-refractivity contribution < 1.29 is 15.0 Å². The average Bonchev–Trinajstić information content (AvgIpc) is 2.67. The van der Waals surface area contributed by atoms with Crippen molar-refractivity contribution in [3.05, 3.63) is 77.1 Å². The number of nitrogens with zero attached hydrogens (tertiary/aromatic N) is 2. The average molecular weight is 360 g/mol. The number of benzene rings is 2. The maximum Gasteiger partial charge on any atom is 0.194 e. The summed E-state index contributed by atoms with van der Waals surface area (Å²) in [4.78, 5) is 21.9. The standard InChI is InChI=1S/C20H16N4O3/c21-13-5-3-11(9-16(13)26)18-20(27)12-2-1-7-23-19(12)17(24-18)10-4-6-15(25)14(22)8-10/h1-9,18,25-26H,21-22H2. The highest BCUT2D eigenvalue weighted by Gasteiger charge is 2.32. The highest BCUT2D eigenvalue weighted by atomic mass is 16.3. The molecule has 0 fully saturated rings. The Labute approximate surface area is 154 Å². The molecule has 1 aromatic heterocycles. The number of nitrogen functional groups attached to an aromatic ring is 2. The quantitative estimate of drug-likeness (QED) is 0.409. The van der Waals surface area contributed by atoms with E-state index in [9.17, 15) is 15.0 Å². The Morgan fingerprint density at radius 1 is 0.926 bits per heavy atom. The Balaban J connectivity index is 1.92. The summed E-state index contributed by atoms with van der Waals surface area (Å²) in [6, 6.07) is 11.9. The van der Waals surface area contributed by atoms with Crippen LogP contribution in [0.25, 0.3) is 0 Å². The molecule has 1 aliphatic rings. The minimum atomic E-state index is -0.849. The zero-order chi connectivity index (χ0) is 19.1. The number of hydrogen-bond acceptors (Lipinski definition) is 7. The minimum absolute atomic E-state index is 0.0347. The van der Waals surface area contributed by atoms with E-state index in [2.05, 4.69) is 9.98 Å². The second-order valence-corrected chi connectivity index (χ2v) is 6.24. The van der Waals surface area contributed by atoms with E-state index < -0.39 is 6.04 Å². The molecule has 1 aliphatic heterocycles. The molecule has 7 heteroatoms. The van der Waals surface area contributed by atoms with Gasteiger partial charge in [0.2, 0.25) is 0 Å². The van der Waals surface area contributed by atoms with Gasteiger partial charge in [0.15, 0.2) is 5.78 Å². The van der Waals surface area contributed by atoms with Gasteiger partial charge in [-0.1, -0.05) is 6.07 Å². The number of anilines is 2. The molecule has 0 saturated heterocycles. The number of phenols is 2. The van der Waals surface area contributed by atoms with Gasteiger partial charge in [-0.25, -0.2) is 0 Å². The van der Waals surface area contributed by atoms with Gasteiger partial charge >= 0.3 is 0 Å². The molecule has 0 bridgehead atoms. The van der Waals surface area contributed by atoms with Gasteiger partial charge in [-0.05, 0) is 48.0 Å². The lowest BCUT2D eigenvalue weighted by Gasteiger charge is -2.22. The molecule has 2 aromatic carbocycles. The Bertz CT molecular complexity index is 1110. The van der Waals surface area contributed by atoms with Crippen molar-refractivity contribution in [2.45, 2.75) is 6.04 Å². The number of carbonyl (C=O) groups excluding carboxylic acids is 1. The monoisotopic (exact) mass is 360 g/mol. The summed E-state index contributed by atoms with van der Waals surface area (Å²) in [5.41, 5.74) is 14.4. The zero-order valence-electron chi connectivity index (χ0n) is 14.1. The number of nitrogens with two attached hydrogens (primary N) is 2. The van der Waals surface area contributed by atoms with Crippen LogP contribution in [-0.4, -0.2) is 26.7 Å². The topological polar surface area (TPSA) is 135 Å². The molecule has 0 spiro atoms. The molecule has 1 atom stereocenters. The van der Waals surface area contributed by atoms with E-state index in [0.717, 1.165) is 0 Å². The molecular weight excluding hydrogens is 344 g/mol. The summed E-state index contributed by atoms with van der Waals surface area (Å²) in [6.07, 6.45) is 1.58. The molecule has 27 heavy (non-hydrogen) atoms. The molecule has 134 valence electrons. The number of ketones is 1. The van der Waals surface area contributed by atoms with Gasteiger partial charge in [0.25, 0.3) is 0 Å². The lowest BCUT2D eigenvalue weighted by Crippen LogP contribution is -2.24. The second kappa shape index (κ2) is 6.14. The summed E-state index contributed by atoms with van der Waals surface area (Å²) in [5.74, 6) is -0.367. The molecular formula is C20H16N4O3. The molecule has 0 aliphatic carbocycles. The van der Waals surface area contributed by atoms with Crippen LogP contribution in [0.2, 0.25) is 0 Å². The molecule has 0 saturated carbocycles. The highest BCUT2D eigenvalue weighted by molar-refractivity contribution is 6.22. The summed E-state index contributed by atoms with van der Waals surface area (Å²) in [7, 11) is 0. The maximum absolute atomic E-state index is 13.0. The van der Waals surface area contributed by atoms with Gasteiger partial charge in [-0.2, -0.15) is 0 Å². The molecule has 2 heterocycles. The number of fused-ring (bicyclic) bond motifs is 1. The normalized spacial score (nSPS) is 15.9. The zero-order valence-corrected chi connectivity index (χ0v) is 14.1. The first-order valence-electron chi connectivity index (χ1n) is 8.20. The van der Waals surface area contributed by atoms with Gasteiger partial charge in [0.05, 0.1) is 22.8 Å². The third-order valence-corrected chi connectivity index (χ3v) is 4.48. The van der Waals surface area contributed by atoms with Crippen molar-refractivity contribution >= 4 is 22.9 Å². The van der Waals surface area contributed by atoms with Crippen molar-refractivity contribution in [3.8, 4) is 11.5 Å². The van der Waals surface area contributed by atoms with Crippen molar-refractivity contribution in [3.63, 3.8) is 0 Å². The predicted molar refractivity (Wildman–Crippen MR) is 102 cm³/mol. The lowest BCUT2D eigenvalue weighted by molar-refractivity contribution is 0.0959. The Morgan fingerprint density at radius 3 is 2.48 bits per heavy atom. The van der Waals surface area contributed by atoms with E-state index in [4.69, 9.17) is 11.5 Å². The fourth-order valence-electron chi connectivity index (χ4n) is 3.06. The number of carbonyl (C=O) groups is 1. The third kappa shape index (κ3) is 2.75. The number of aliphatic imine (C=N–C) groups is 1. The largest absolute Gasteiger partial charge is 0.506 e. The number of rotatable bonds is 2. The first-order chi connectivity index (χ1) is 13.0. The molecule has 0 radical (unpaired) electrons. The first kappa shape index (κ1) is 16.6. The van der Waals surface area contributed by atoms with E-state index in [-0.39, 0.29) is 28.7 Å². The summed E-state index contributed by atoms with van der Waals surface area (Å²) in [6.45, 7) is 0. The fraction of sp³-hybridized carbons (Fsp3) is 0.0500. The van der Waals surface area contributed by atoms with Crippen LogP contribution < -0.4 is 11.5 Å². The van der Waals surface area contributed by atoms with Gasteiger partial charge in [0.1, 0.15) is 17.5 Å². The molecule has 1 unspecified atom stereocenters. The van der Waals surface area contributed by atoms with Crippen LogP contribution in [-0.2, 0) is 0 Å². The van der Waals surface area contributed by atoms with E-state index in [1.165, 1.54) is 18.2 Å². The van der Waals surface area contributed by atoms with Crippen LogP contribution in [0.15, 0.2) is 59.7 Å². The molecule has 3 aromatic rings. The van der Waals surface area contributed by atoms with Crippen molar-refractivity contribution in [1.29, 1.82) is 0 Å². The summed E-state index contributed by atoms with van der Waals surface area (Å²) < 4.78 is 0. The van der Waals surface area contributed by atoms with Crippen LogP contribution in [0.3, 0.4) is 0 Å². The van der Waals surface area contributed by atoms with Crippen LogP contribution >= 0.6 is 0 Å². The van der Waals surface area contributed by atoms with Gasteiger partial charge in [-0.3, -0.25) is 14.8 Å². The smallest absolute Gasteiger partial charge is 0.194 e. The Hall–Kier alpha value is -3.87. The van der Waals surface area contributed by atoms with Crippen LogP contribution in [0.4, 0.5) is 11.4 Å². The van der Waals surface area contributed by atoms with Gasteiger partial charge < -0.3 is 21.7 Å². The van der Waals surface area contributed by atoms with Gasteiger partial charge in [0, 0.05) is 17.3 Å². The Morgan fingerprint density at radius 2 is 1.74 bits per heavy atom. The number of aromatic nitrogens is 1. The summed E-state index contributed by atoms with van der Waals surface area (Å²) in [5, 5.41) is 19.6. The number of pyridine rings is 1. The maximum atomic E-state index is 13.0. The SMILES string of the molecule is Nc1cc(C2=NC(c3ccc(N)c(O)c3)C(=O)c3cccnc32)ccc1O. The molecule has 0 amide bonds. The fourth-order valence-corrected chi connectivity index (χ4v) is 3.06. The minimum Gasteiger partial charge on any atom is -0.506 e. The van der Waals surface area contributed by atoms with E-state index in [0.29, 0.717) is 28.1 Å². The van der Waals surface area contributed by atoms with Gasteiger partial charge in [-0.15, -0.1) is 0 Å². The lowest BCUT2D eigenvalue weighted by atomic mass is 9.89. The summed E-state index contributed by atoms with van der Waals surface area (Å²) >= 11 is 0. The van der Waals surface area contributed by atoms with Crippen molar-refractivity contribution in [2.75, 3.05) is 11.5 Å². The third-order valence-electron chi connectivity index (χ3n) is 4.48. The molecule has 7 nitrogen and oxygen atoms in total. The van der Waals surface area contributed by atoms with Crippen LogP contribution in [0.5, 0.6) is 11.5 Å². The van der Waals surface area contributed by atoms with E-state index in [1.54, 1.807) is 36.5 Å². The number of hydrogen-bond donors (Lipinski definition) is 4. The van der Waals surface area contributed by atoms with Crippen LogP contribution in [0.1, 0.15) is 33.2 Å².